The lowest BCUT2D eigenvalue weighted by molar-refractivity contribution is 0.425. The van der Waals surface area contributed by atoms with Crippen LogP contribution < -0.4 is 10.6 Å². The van der Waals surface area contributed by atoms with E-state index in [0.717, 1.165) is 36.9 Å². The minimum absolute atomic E-state index is 0.525. The summed E-state index contributed by atoms with van der Waals surface area (Å²) in [7, 11) is 4.06. The fraction of sp³-hybridized carbons (Fsp3) is 0.400. The molecule has 0 atom stereocenters. The molecule has 6 nitrogen and oxygen atoms in total. The van der Waals surface area contributed by atoms with Gasteiger partial charge < -0.3 is 15.5 Å². The van der Waals surface area contributed by atoms with Crippen molar-refractivity contribution < 1.29 is 0 Å². The number of nitrogens with zero attached hydrogens (tertiary/aromatic N) is 4. The Labute approximate surface area is 135 Å². The number of nitrogens with one attached hydrogen (secondary N) is 2. The van der Waals surface area contributed by atoms with Crippen molar-refractivity contribution in [2.45, 2.75) is 6.42 Å². The first-order valence-corrected chi connectivity index (χ1v) is 7.58. The predicted octanol–water partition coefficient (Wildman–Crippen LogP) is 2.15. The molecule has 0 radical (unpaired) electrons. The fourth-order valence-corrected chi connectivity index (χ4v) is 2.10. The topological polar surface area (TPSA) is 66.0 Å². The van der Waals surface area contributed by atoms with Gasteiger partial charge in [0, 0.05) is 24.7 Å². The summed E-state index contributed by atoms with van der Waals surface area (Å²) in [6, 6.07) is 7.83. The molecule has 0 unspecified atom stereocenters. The lowest BCUT2D eigenvalue weighted by Gasteiger charge is -2.11. The van der Waals surface area contributed by atoms with Gasteiger partial charge in [0.15, 0.2) is 5.82 Å². The Morgan fingerprint density at radius 2 is 2.05 bits per heavy atom. The van der Waals surface area contributed by atoms with Gasteiger partial charge in [-0.15, -0.1) is 5.10 Å². The molecule has 2 aromatic rings. The largest absolute Gasteiger partial charge is 0.367 e. The third-order valence-electron chi connectivity index (χ3n) is 3.01. The molecule has 0 aliphatic heterocycles. The van der Waals surface area contributed by atoms with Crippen LogP contribution in [0.4, 0.5) is 11.8 Å². The molecule has 0 amide bonds. The van der Waals surface area contributed by atoms with E-state index >= 15 is 0 Å². The van der Waals surface area contributed by atoms with Crippen molar-refractivity contribution in [3.8, 4) is 0 Å². The third-order valence-corrected chi connectivity index (χ3v) is 3.24. The van der Waals surface area contributed by atoms with Crippen molar-refractivity contribution in [3.05, 3.63) is 41.0 Å². The zero-order valence-electron chi connectivity index (χ0n) is 12.9. The summed E-state index contributed by atoms with van der Waals surface area (Å²) >= 11 is 5.97. The fourth-order valence-electron chi connectivity index (χ4n) is 1.88. The summed E-state index contributed by atoms with van der Waals surface area (Å²) in [5.74, 6) is 1.25. The number of aromatic nitrogens is 3. The second kappa shape index (κ2) is 8.51. The van der Waals surface area contributed by atoms with Crippen LogP contribution in [0.5, 0.6) is 0 Å². The van der Waals surface area contributed by atoms with Crippen LogP contribution in [0.3, 0.4) is 0 Å². The van der Waals surface area contributed by atoms with Gasteiger partial charge in [-0.25, -0.2) is 0 Å². The molecule has 2 N–H and O–H groups in total. The Balaban J connectivity index is 1.80. The highest BCUT2D eigenvalue weighted by atomic mass is 35.5. The number of halogens is 1. The second-order valence-corrected chi connectivity index (χ2v) is 5.64. The first kappa shape index (κ1) is 16.5. The normalized spacial score (nSPS) is 10.7. The minimum atomic E-state index is 0.525. The second-order valence-electron chi connectivity index (χ2n) is 5.20. The van der Waals surface area contributed by atoms with Crippen molar-refractivity contribution in [1.82, 2.24) is 20.1 Å². The number of hydrogen-bond donors (Lipinski definition) is 2. The van der Waals surface area contributed by atoms with E-state index in [2.05, 4.69) is 30.7 Å². The van der Waals surface area contributed by atoms with E-state index in [-0.39, 0.29) is 0 Å². The number of benzene rings is 1. The molecule has 0 spiro atoms. The minimum Gasteiger partial charge on any atom is -0.367 e. The Kier molecular flexibility index (Phi) is 6.36. The van der Waals surface area contributed by atoms with Gasteiger partial charge in [0.25, 0.3) is 0 Å². The molecule has 1 aromatic carbocycles. The molecule has 1 heterocycles. The van der Waals surface area contributed by atoms with E-state index in [0.29, 0.717) is 5.95 Å². The first-order valence-electron chi connectivity index (χ1n) is 7.20. The van der Waals surface area contributed by atoms with Crippen LogP contribution in [0.1, 0.15) is 5.56 Å². The van der Waals surface area contributed by atoms with E-state index in [1.54, 1.807) is 6.20 Å². The average molecular weight is 321 g/mol. The molecule has 22 heavy (non-hydrogen) atoms. The van der Waals surface area contributed by atoms with Crippen LogP contribution in [0.25, 0.3) is 0 Å². The summed E-state index contributed by atoms with van der Waals surface area (Å²) in [5, 5.41) is 15.1. The van der Waals surface area contributed by atoms with E-state index in [4.69, 9.17) is 11.6 Å². The van der Waals surface area contributed by atoms with Crippen LogP contribution in [0.15, 0.2) is 30.5 Å². The maximum Gasteiger partial charge on any atom is 0.244 e. The smallest absolute Gasteiger partial charge is 0.244 e. The zero-order chi connectivity index (χ0) is 15.8. The standard InChI is InChI=1S/C15H21ClN6/c1-22(2)9-8-17-14-11-19-21-15(20-14)18-7-6-12-4-3-5-13(16)10-12/h3-5,10-11H,6-9H2,1-2H3,(H2,17,18,20,21). The molecular formula is C15H21ClN6. The molecule has 0 saturated carbocycles. The van der Waals surface area contributed by atoms with Crippen LogP contribution in [-0.4, -0.2) is 53.8 Å². The average Bonchev–Trinajstić information content (AvgIpc) is 2.47. The Bertz CT molecular complexity index is 590. The van der Waals surface area contributed by atoms with Crippen LogP contribution in [-0.2, 0) is 6.42 Å². The Morgan fingerprint density at radius 3 is 2.82 bits per heavy atom. The lowest BCUT2D eigenvalue weighted by Crippen LogP contribution is -2.21. The van der Waals surface area contributed by atoms with Crippen LogP contribution in [0, 0.1) is 0 Å². The van der Waals surface area contributed by atoms with Gasteiger partial charge in [-0.2, -0.15) is 10.1 Å². The maximum atomic E-state index is 5.97. The summed E-state index contributed by atoms with van der Waals surface area (Å²) < 4.78 is 0. The molecule has 0 bridgehead atoms. The van der Waals surface area contributed by atoms with Crippen molar-refractivity contribution in [3.63, 3.8) is 0 Å². The number of anilines is 2. The van der Waals surface area contributed by atoms with Crippen molar-refractivity contribution in [1.29, 1.82) is 0 Å². The predicted molar refractivity (Wildman–Crippen MR) is 90.5 cm³/mol. The number of likely N-dealkylation sites (N-methyl/N-ethyl adjacent to an activating group) is 1. The van der Waals surface area contributed by atoms with E-state index in [1.807, 2.05) is 38.4 Å². The summed E-state index contributed by atoms with van der Waals surface area (Å²) in [6.07, 6.45) is 2.47. The van der Waals surface area contributed by atoms with Gasteiger partial charge in [0.1, 0.15) is 0 Å². The molecule has 0 aliphatic rings. The Hall–Kier alpha value is -1.92. The SMILES string of the molecule is CN(C)CCNc1cnnc(NCCc2cccc(Cl)c2)n1. The number of rotatable bonds is 8. The highest BCUT2D eigenvalue weighted by molar-refractivity contribution is 6.30. The molecular weight excluding hydrogens is 300 g/mol. The monoisotopic (exact) mass is 320 g/mol. The summed E-state index contributed by atoms with van der Waals surface area (Å²) in [4.78, 5) is 6.48. The molecule has 0 saturated heterocycles. The molecule has 1 aromatic heterocycles. The molecule has 118 valence electrons. The summed E-state index contributed by atoms with van der Waals surface area (Å²) in [5.41, 5.74) is 1.17. The molecule has 0 aliphatic carbocycles. The molecule has 7 heteroatoms. The first-order chi connectivity index (χ1) is 10.6. The Morgan fingerprint density at radius 1 is 1.18 bits per heavy atom. The highest BCUT2D eigenvalue weighted by Gasteiger charge is 2.01. The van der Waals surface area contributed by atoms with E-state index < -0.39 is 0 Å². The van der Waals surface area contributed by atoms with Gasteiger partial charge in [-0.1, -0.05) is 23.7 Å². The van der Waals surface area contributed by atoms with Gasteiger partial charge >= 0.3 is 0 Å². The van der Waals surface area contributed by atoms with Crippen molar-refractivity contribution in [2.24, 2.45) is 0 Å². The quantitative estimate of drug-likeness (QED) is 0.777. The van der Waals surface area contributed by atoms with Gasteiger partial charge in [0.05, 0.1) is 6.20 Å². The lowest BCUT2D eigenvalue weighted by atomic mass is 10.1. The maximum absolute atomic E-state index is 5.97. The van der Waals surface area contributed by atoms with Crippen LogP contribution in [0.2, 0.25) is 5.02 Å². The molecule has 0 fully saturated rings. The zero-order valence-corrected chi connectivity index (χ0v) is 13.6. The summed E-state index contributed by atoms with van der Waals surface area (Å²) in [6.45, 7) is 2.47. The number of hydrogen-bond acceptors (Lipinski definition) is 6. The van der Waals surface area contributed by atoms with E-state index in [1.165, 1.54) is 5.56 Å². The highest BCUT2D eigenvalue weighted by Crippen LogP contribution is 2.11. The van der Waals surface area contributed by atoms with Gasteiger partial charge in [0.2, 0.25) is 5.95 Å². The molecule has 2 rings (SSSR count). The van der Waals surface area contributed by atoms with Gasteiger partial charge in [-0.3, -0.25) is 0 Å². The van der Waals surface area contributed by atoms with Crippen molar-refractivity contribution >= 4 is 23.4 Å². The van der Waals surface area contributed by atoms with E-state index in [9.17, 15) is 0 Å². The van der Waals surface area contributed by atoms with Gasteiger partial charge in [-0.05, 0) is 38.2 Å². The third kappa shape index (κ3) is 5.83. The van der Waals surface area contributed by atoms with Crippen molar-refractivity contribution in [2.75, 3.05) is 44.4 Å². The van der Waals surface area contributed by atoms with Crippen LogP contribution >= 0.6 is 11.6 Å².